The van der Waals surface area contributed by atoms with Crippen LogP contribution >= 0.6 is 0 Å². The minimum absolute atomic E-state index is 1.01. The maximum absolute atomic E-state index is 3.87. The van der Waals surface area contributed by atoms with Gasteiger partial charge in [-0.1, -0.05) is 41.5 Å². The van der Waals surface area contributed by atoms with Gasteiger partial charge in [0.15, 0.2) is 0 Å². The van der Waals surface area contributed by atoms with Gasteiger partial charge in [0.05, 0.1) is 0 Å². The highest BCUT2D eigenvalue weighted by atomic mass is 14.8. The molecule has 2 heteroatoms. The summed E-state index contributed by atoms with van der Waals surface area (Å²) in [5, 5.41) is 0. The highest BCUT2D eigenvalue weighted by Crippen LogP contribution is 1.82. The van der Waals surface area contributed by atoms with Crippen LogP contribution < -0.4 is 0 Å². The third-order valence-electron chi connectivity index (χ3n) is 0.730. The number of nitrogens with zero attached hydrogens (tertiary/aromatic N) is 2. The Bertz CT molecular complexity index is 138. The predicted molar refractivity (Wildman–Crippen MR) is 60.8 cm³/mol. The minimum atomic E-state index is 1.01. The Balaban J connectivity index is -0.000000144. The number of aromatic nitrogens is 2. The van der Waals surface area contributed by atoms with E-state index in [-0.39, 0.29) is 0 Å². The molecule has 2 nitrogen and oxygen atoms in total. The van der Waals surface area contributed by atoms with Crippen molar-refractivity contribution in [1.82, 2.24) is 9.97 Å². The first-order valence-corrected chi connectivity index (χ1v) is 5.12. The van der Waals surface area contributed by atoms with Gasteiger partial charge in [0.25, 0.3) is 0 Å². The second kappa shape index (κ2) is 22.5. The van der Waals surface area contributed by atoms with Gasteiger partial charge in [-0.05, 0) is 13.0 Å². The van der Waals surface area contributed by atoms with Gasteiger partial charge in [-0.3, -0.25) is 0 Å². The van der Waals surface area contributed by atoms with E-state index >= 15 is 0 Å². The summed E-state index contributed by atoms with van der Waals surface area (Å²) in [4.78, 5) is 7.60. The van der Waals surface area contributed by atoms with E-state index in [9.17, 15) is 0 Å². The van der Waals surface area contributed by atoms with Crippen LogP contribution in [-0.4, -0.2) is 9.97 Å². The average molecular weight is 184 g/mol. The summed E-state index contributed by atoms with van der Waals surface area (Å²) in [6, 6.07) is 1.86. The number of hydrogen-bond acceptors (Lipinski definition) is 2. The SMILES string of the molecule is CC.CC.CC.Cc1ccncn1. The second-order valence-corrected chi connectivity index (χ2v) is 1.35. The third kappa shape index (κ3) is 18.2. The molecule has 78 valence electrons. The molecule has 0 aromatic carbocycles. The van der Waals surface area contributed by atoms with Crippen LogP contribution in [0.5, 0.6) is 0 Å². The molecule has 0 saturated carbocycles. The number of aryl methyl sites for hydroxylation is 1. The molecule has 0 N–H and O–H groups in total. The zero-order valence-electron chi connectivity index (χ0n) is 10.1. The van der Waals surface area contributed by atoms with Crippen molar-refractivity contribution in [2.45, 2.75) is 48.5 Å². The van der Waals surface area contributed by atoms with Gasteiger partial charge in [-0.2, -0.15) is 0 Å². The van der Waals surface area contributed by atoms with Crippen LogP contribution in [0.25, 0.3) is 0 Å². The molecular weight excluding hydrogens is 160 g/mol. The molecule has 0 aliphatic rings. The van der Waals surface area contributed by atoms with Crippen LogP contribution in [-0.2, 0) is 0 Å². The lowest BCUT2D eigenvalue weighted by Gasteiger charge is -1.81. The summed E-state index contributed by atoms with van der Waals surface area (Å²) in [5.74, 6) is 0. The number of rotatable bonds is 0. The van der Waals surface area contributed by atoms with Crippen molar-refractivity contribution < 1.29 is 0 Å². The van der Waals surface area contributed by atoms with E-state index in [0.29, 0.717) is 0 Å². The zero-order chi connectivity index (χ0) is 11.1. The topological polar surface area (TPSA) is 25.8 Å². The van der Waals surface area contributed by atoms with Crippen LogP contribution in [0.4, 0.5) is 0 Å². The monoisotopic (exact) mass is 184 g/mol. The molecule has 1 aromatic heterocycles. The first kappa shape index (κ1) is 18.0. The maximum Gasteiger partial charge on any atom is 0.115 e. The van der Waals surface area contributed by atoms with Gasteiger partial charge in [0.1, 0.15) is 6.33 Å². The van der Waals surface area contributed by atoms with Crippen molar-refractivity contribution in [3.63, 3.8) is 0 Å². The smallest absolute Gasteiger partial charge is 0.115 e. The first-order chi connectivity index (χ1) is 6.39. The molecule has 1 heterocycles. The molecule has 13 heavy (non-hydrogen) atoms. The largest absolute Gasteiger partial charge is 0.245 e. The molecule has 0 bridgehead atoms. The summed E-state index contributed by atoms with van der Waals surface area (Å²) in [5.41, 5.74) is 1.01. The van der Waals surface area contributed by atoms with Crippen LogP contribution in [0.1, 0.15) is 47.2 Å². The quantitative estimate of drug-likeness (QED) is 0.612. The highest BCUT2D eigenvalue weighted by molar-refractivity contribution is 4.92. The summed E-state index contributed by atoms with van der Waals surface area (Å²) in [7, 11) is 0. The Morgan fingerprint density at radius 3 is 1.54 bits per heavy atom. The Morgan fingerprint density at radius 2 is 1.38 bits per heavy atom. The molecule has 0 fully saturated rings. The fourth-order valence-corrected chi connectivity index (χ4v) is 0.357. The lowest BCUT2D eigenvalue weighted by Crippen LogP contribution is -1.77. The van der Waals surface area contributed by atoms with Gasteiger partial charge in [0, 0.05) is 11.9 Å². The third-order valence-corrected chi connectivity index (χ3v) is 0.730. The lowest BCUT2D eigenvalue weighted by molar-refractivity contribution is 1.10. The molecule has 0 amide bonds. The normalized spacial score (nSPS) is 6.08. The van der Waals surface area contributed by atoms with E-state index in [0.717, 1.165) is 5.69 Å². The summed E-state index contributed by atoms with van der Waals surface area (Å²) < 4.78 is 0. The summed E-state index contributed by atoms with van der Waals surface area (Å²) >= 11 is 0. The van der Waals surface area contributed by atoms with Crippen LogP contribution in [0.15, 0.2) is 18.6 Å². The van der Waals surface area contributed by atoms with Crippen molar-refractivity contribution in [3.8, 4) is 0 Å². The molecular formula is C11H24N2. The molecule has 0 unspecified atom stereocenters. The van der Waals surface area contributed by atoms with Crippen molar-refractivity contribution in [1.29, 1.82) is 0 Å². The molecule has 1 aromatic rings. The molecule has 0 aliphatic carbocycles. The van der Waals surface area contributed by atoms with E-state index < -0.39 is 0 Å². The maximum atomic E-state index is 3.87. The molecule has 0 spiro atoms. The standard InChI is InChI=1S/C5H6N2.3C2H6/c1-5-2-3-6-4-7-5;3*1-2/h2-4H,1H3;3*1-2H3. The van der Waals surface area contributed by atoms with Gasteiger partial charge in [-0.25, -0.2) is 9.97 Å². The molecule has 1 rings (SSSR count). The van der Waals surface area contributed by atoms with Crippen LogP contribution in [0, 0.1) is 6.92 Å². The highest BCUT2D eigenvalue weighted by Gasteiger charge is 1.74. The van der Waals surface area contributed by atoms with Gasteiger partial charge in [-0.15, -0.1) is 0 Å². The van der Waals surface area contributed by atoms with Crippen LogP contribution in [0.2, 0.25) is 0 Å². The molecule has 0 atom stereocenters. The van der Waals surface area contributed by atoms with Crippen molar-refractivity contribution >= 4 is 0 Å². The molecule has 0 aliphatic heterocycles. The Hall–Kier alpha value is -0.920. The fourth-order valence-electron chi connectivity index (χ4n) is 0.357. The van der Waals surface area contributed by atoms with Gasteiger partial charge in [0.2, 0.25) is 0 Å². The Morgan fingerprint density at radius 1 is 0.923 bits per heavy atom. The fraction of sp³-hybridized carbons (Fsp3) is 0.636. The summed E-state index contributed by atoms with van der Waals surface area (Å²) in [6.45, 7) is 13.9. The predicted octanol–water partition coefficient (Wildman–Crippen LogP) is 3.86. The minimum Gasteiger partial charge on any atom is -0.245 e. The molecule has 0 saturated heterocycles. The van der Waals surface area contributed by atoms with E-state index in [1.807, 2.05) is 54.5 Å². The van der Waals surface area contributed by atoms with Crippen molar-refractivity contribution in [2.24, 2.45) is 0 Å². The van der Waals surface area contributed by atoms with E-state index in [4.69, 9.17) is 0 Å². The second-order valence-electron chi connectivity index (χ2n) is 1.35. The average Bonchev–Trinajstić information content (AvgIpc) is 2.28. The Labute approximate surface area is 83.4 Å². The molecule has 0 radical (unpaired) electrons. The van der Waals surface area contributed by atoms with Crippen molar-refractivity contribution in [2.75, 3.05) is 0 Å². The zero-order valence-corrected chi connectivity index (χ0v) is 10.1. The van der Waals surface area contributed by atoms with E-state index in [1.54, 1.807) is 6.20 Å². The summed E-state index contributed by atoms with van der Waals surface area (Å²) in [6.07, 6.45) is 3.26. The van der Waals surface area contributed by atoms with E-state index in [1.165, 1.54) is 6.33 Å². The Kier molecular flexibility index (Phi) is 31.1. The van der Waals surface area contributed by atoms with E-state index in [2.05, 4.69) is 9.97 Å². The van der Waals surface area contributed by atoms with Crippen molar-refractivity contribution in [3.05, 3.63) is 24.3 Å². The van der Waals surface area contributed by atoms with Crippen LogP contribution in [0.3, 0.4) is 0 Å². The van der Waals surface area contributed by atoms with Gasteiger partial charge >= 0.3 is 0 Å². The number of hydrogen-bond donors (Lipinski definition) is 0. The first-order valence-electron chi connectivity index (χ1n) is 5.12. The lowest BCUT2D eigenvalue weighted by atomic mass is 10.5. The van der Waals surface area contributed by atoms with Gasteiger partial charge < -0.3 is 0 Å².